The Labute approximate surface area is 128 Å². The molecule has 21 heavy (non-hydrogen) atoms. The number of benzene rings is 1. The Morgan fingerprint density at radius 1 is 1.14 bits per heavy atom. The van der Waals surface area contributed by atoms with Crippen molar-refractivity contribution in [2.24, 2.45) is 5.92 Å². The second-order valence-corrected chi connectivity index (χ2v) is 7.73. The first kappa shape index (κ1) is 16.3. The standard InChI is InChI=1S/C16H26N2O2S/c1-12-10-15(17-3)11-13(2)16(12)21(19,20)18-9-8-14-6-4-5-7-14/h10-11,14,17-18H,4-9H2,1-3H3. The zero-order valence-electron chi connectivity index (χ0n) is 13.2. The lowest BCUT2D eigenvalue weighted by Crippen LogP contribution is -2.27. The molecule has 0 aliphatic heterocycles. The van der Waals surface area contributed by atoms with Crippen LogP contribution in [-0.4, -0.2) is 22.0 Å². The zero-order valence-corrected chi connectivity index (χ0v) is 14.0. The SMILES string of the molecule is CNc1cc(C)c(S(=O)(=O)NCCC2CCCC2)c(C)c1. The lowest BCUT2D eigenvalue weighted by atomic mass is 10.1. The summed E-state index contributed by atoms with van der Waals surface area (Å²) >= 11 is 0. The smallest absolute Gasteiger partial charge is 0.241 e. The van der Waals surface area contributed by atoms with Crippen LogP contribution in [0.3, 0.4) is 0 Å². The summed E-state index contributed by atoms with van der Waals surface area (Å²) in [5.41, 5.74) is 2.51. The average molecular weight is 310 g/mol. The van der Waals surface area contributed by atoms with E-state index in [4.69, 9.17) is 0 Å². The molecule has 0 saturated heterocycles. The molecular formula is C16H26N2O2S. The van der Waals surface area contributed by atoms with Gasteiger partial charge in [0.2, 0.25) is 10.0 Å². The summed E-state index contributed by atoms with van der Waals surface area (Å²) in [6.45, 7) is 4.23. The minimum Gasteiger partial charge on any atom is -0.388 e. The predicted octanol–water partition coefficient (Wildman–Crippen LogP) is 3.20. The molecule has 1 aliphatic rings. The quantitative estimate of drug-likeness (QED) is 0.848. The van der Waals surface area contributed by atoms with E-state index in [0.29, 0.717) is 17.4 Å². The van der Waals surface area contributed by atoms with Crippen molar-refractivity contribution >= 4 is 15.7 Å². The number of rotatable bonds is 6. The third-order valence-corrected chi connectivity index (χ3v) is 6.10. The third-order valence-electron chi connectivity index (χ3n) is 4.34. The second-order valence-electron chi connectivity index (χ2n) is 6.03. The molecule has 1 aromatic carbocycles. The summed E-state index contributed by atoms with van der Waals surface area (Å²) in [4.78, 5) is 0.424. The van der Waals surface area contributed by atoms with E-state index in [1.54, 1.807) is 0 Å². The van der Waals surface area contributed by atoms with Crippen LogP contribution in [0, 0.1) is 19.8 Å². The Morgan fingerprint density at radius 2 is 1.71 bits per heavy atom. The van der Waals surface area contributed by atoms with Crippen LogP contribution in [0.1, 0.15) is 43.2 Å². The Kier molecular flexibility index (Phi) is 5.27. The van der Waals surface area contributed by atoms with Crippen molar-refractivity contribution < 1.29 is 8.42 Å². The third kappa shape index (κ3) is 3.98. The van der Waals surface area contributed by atoms with Gasteiger partial charge >= 0.3 is 0 Å². The van der Waals surface area contributed by atoms with Crippen LogP contribution in [0.25, 0.3) is 0 Å². The molecule has 2 rings (SSSR count). The van der Waals surface area contributed by atoms with Crippen molar-refractivity contribution in [2.45, 2.75) is 50.8 Å². The monoisotopic (exact) mass is 310 g/mol. The number of sulfonamides is 1. The van der Waals surface area contributed by atoms with E-state index >= 15 is 0 Å². The number of aryl methyl sites for hydroxylation is 2. The largest absolute Gasteiger partial charge is 0.388 e. The Hall–Kier alpha value is -1.07. The van der Waals surface area contributed by atoms with Gasteiger partial charge in [0.1, 0.15) is 0 Å². The van der Waals surface area contributed by atoms with Crippen LogP contribution in [0.2, 0.25) is 0 Å². The molecule has 4 nitrogen and oxygen atoms in total. The maximum absolute atomic E-state index is 12.5. The van der Waals surface area contributed by atoms with Crippen LogP contribution in [0.5, 0.6) is 0 Å². The molecule has 1 fully saturated rings. The average Bonchev–Trinajstić information content (AvgIpc) is 2.90. The van der Waals surface area contributed by atoms with Crippen LogP contribution >= 0.6 is 0 Å². The van der Waals surface area contributed by atoms with Gasteiger partial charge < -0.3 is 5.32 Å². The molecule has 0 atom stereocenters. The van der Waals surface area contributed by atoms with Gasteiger partial charge in [0.25, 0.3) is 0 Å². The highest BCUT2D eigenvalue weighted by atomic mass is 32.2. The molecule has 0 radical (unpaired) electrons. The maximum atomic E-state index is 12.5. The molecule has 0 heterocycles. The van der Waals surface area contributed by atoms with Crippen molar-refractivity contribution in [3.8, 4) is 0 Å². The van der Waals surface area contributed by atoms with E-state index < -0.39 is 10.0 Å². The minimum absolute atomic E-state index is 0.424. The molecule has 5 heteroatoms. The Balaban J connectivity index is 2.08. The summed E-state index contributed by atoms with van der Waals surface area (Å²) in [6, 6.07) is 3.75. The summed E-state index contributed by atoms with van der Waals surface area (Å²) in [5.74, 6) is 0.696. The van der Waals surface area contributed by atoms with E-state index in [9.17, 15) is 8.42 Å². The van der Waals surface area contributed by atoms with E-state index in [-0.39, 0.29) is 0 Å². The first-order chi connectivity index (χ1) is 9.94. The second kappa shape index (κ2) is 6.79. The Bertz CT molecular complexity index is 567. The highest BCUT2D eigenvalue weighted by molar-refractivity contribution is 7.89. The van der Waals surface area contributed by atoms with Gasteiger partial charge in [-0.25, -0.2) is 13.1 Å². The summed E-state index contributed by atoms with van der Waals surface area (Å²) in [6.07, 6.45) is 6.03. The van der Waals surface area contributed by atoms with Crippen LogP contribution in [-0.2, 0) is 10.0 Å². The van der Waals surface area contributed by atoms with E-state index in [0.717, 1.165) is 23.2 Å². The van der Waals surface area contributed by atoms with Crippen LogP contribution < -0.4 is 10.0 Å². The molecule has 0 spiro atoms. The summed E-state index contributed by atoms with van der Waals surface area (Å²) in [7, 11) is -1.58. The van der Waals surface area contributed by atoms with Crippen molar-refractivity contribution in [3.05, 3.63) is 23.3 Å². The van der Waals surface area contributed by atoms with Crippen molar-refractivity contribution in [3.63, 3.8) is 0 Å². The molecule has 118 valence electrons. The van der Waals surface area contributed by atoms with Crippen molar-refractivity contribution in [1.29, 1.82) is 0 Å². The predicted molar refractivity (Wildman–Crippen MR) is 87.2 cm³/mol. The first-order valence-corrected chi connectivity index (χ1v) is 9.21. The van der Waals surface area contributed by atoms with Crippen LogP contribution in [0.15, 0.2) is 17.0 Å². The van der Waals surface area contributed by atoms with Gasteiger partial charge in [-0.15, -0.1) is 0 Å². The number of anilines is 1. The van der Waals surface area contributed by atoms with Gasteiger partial charge in [0.05, 0.1) is 4.90 Å². The fraction of sp³-hybridized carbons (Fsp3) is 0.625. The highest BCUT2D eigenvalue weighted by Gasteiger charge is 2.21. The molecule has 0 unspecified atom stereocenters. The summed E-state index contributed by atoms with van der Waals surface area (Å²) in [5, 5.41) is 3.05. The van der Waals surface area contributed by atoms with Gasteiger partial charge in [-0.2, -0.15) is 0 Å². The summed E-state index contributed by atoms with van der Waals surface area (Å²) < 4.78 is 27.8. The fourth-order valence-electron chi connectivity index (χ4n) is 3.29. The molecule has 1 saturated carbocycles. The number of hydrogen-bond donors (Lipinski definition) is 2. The van der Waals surface area contributed by atoms with Crippen molar-refractivity contribution in [2.75, 3.05) is 18.9 Å². The molecule has 1 aromatic rings. The van der Waals surface area contributed by atoms with E-state index in [2.05, 4.69) is 10.0 Å². The van der Waals surface area contributed by atoms with Crippen LogP contribution in [0.4, 0.5) is 5.69 Å². The van der Waals surface area contributed by atoms with E-state index in [1.807, 2.05) is 33.0 Å². The zero-order chi connectivity index (χ0) is 15.5. The first-order valence-electron chi connectivity index (χ1n) is 7.72. The van der Waals surface area contributed by atoms with Crippen molar-refractivity contribution in [1.82, 2.24) is 4.72 Å². The van der Waals surface area contributed by atoms with Gasteiger partial charge in [-0.05, 0) is 49.4 Å². The number of hydrogen-bond acceptors (Lipinski definition) is 3. The fourth-order valence-corrected chi connectivity index (χ4v) is 4.78. The lowest BCUT2D eigenvalue weighted by Gasteiger charge is -2.15. The van der Waals surface area contributed by atoms with E-state index in [1.165, 1.54) is 25.7 Å². The maximum Gasteiger partial charge on any atom is 0.241 e. The molecular weight excluding hydrogens is 284 g/mol. The Morgan fingerprint density at radius 3 is 2.24 bits per heavy atom. The molecule has 1 aliphatic carbocycles. The van der Waals surface area contributed by atoms with Gasteiger partial charge in [-0.1, -0.05) is 25.7 Å². The lowest BCUT2D eigenvalue weighted by molar-refractivity contribution is 0.495. The van der Waals surface area contributed by atoms with Gasteiger partial charge in [-0.3, -0.25) is 0 Å². The molecule has 0 aromatic heterocycles. The topological polar surface area (TPSA) is 58.2 Å². The van der Waals surface area contributed by atoms with Gasteiger partial charge in [0.15, 0.2) is 0 Å². The van der Waals surface area contributed by atoms with Gasteiger partial charge in [0, 0.05) is 19.3 Å². The molecule has 0 amide bonds. The molecule has 2 N–H and O–H groups in total. The molecule has 0 bridgehead atoms. The minimum atomic E-state index is -3.42. The number of nitrogens with one attached hydrogen (secondary N) is 2. The highest BCUT2D eigenvalue weighted by Crippen LogP contribution is 2.28. The normalized spacial score (nSPS) is 16.3.